The standard InChI is InChI=1S/C19H21FN4O.HI/c1-2-21-19(24-11-10-14-6-3-4-9-17(14)24)22-13-18(25)23-16-8-5-7-15(20)12-16;/h3-9,12H,2,10-11,13H2,1H3,(H,21,22)(H,23,25);1H. The molecule has 1 amide bonds. The van der Waals surface area contributed by atoms with E-state index in [0.29, 0.717) is 18.2 Å². The molecule has 5 nitrogen and oxygen atoms in total. The number of hydrogen-bond donors (Lipinski definition) is 2. The third-order valence-electron chi connectivity index (χ3n) is 3.96. The average molecular weight is 468 g/mol. The Morgan fingerprint density at radius 2 is 2.04 bits per heavy atom. The SMILES string of the molecule is CCNC(=NCC(=O)Nc1cccc(F)c1)N1CCc2ccccc21.I. The number of anilines is 2. The van der Waals surface area contributed by atoms with Gasteiger partial charge >= 0.3 is 0 Å². The maximum atomic E-state index is 13.2. The lowest BCUT2D eigenvalue weighted by Crippen LogP contribution is -2.41. The molecule has 0 unspecified atom stereocenters. The number of nitrogens with one attached hydrogen (secondary N) is 2. The molecule has 0 saturated carbocycles. The summed E-state index contributed by atoms with van der Waals surface area (Å²) in [6, 6.07) is 14.0. The summed E-state index contributed by atoms with van der Waals surface area (Å²) in [6.07, 6.45) is 0.954. The second-order valence-corrected chi connectivity index (χ2v) is 5.76. The fourth-order valence-electron chi connectivity index (χ4n) is 2.87. The summed E-state index contributed by atoms with van der Waals surface area (Å²) in [5.41, 5.74) is 2.82. The lowest BCUT2D eigenvalue weighted by atomic mass is 10.2. The molecule has 0 aliphatic carbocycles. The zero-order chi connectivity index (χ0) is 17.6. The van der Waals surface area contributed by atoms with E-state index in [-0.39, 0.29) is 42.2 Å². The van der Waals surface area contributed by atoms with Gasteiger partial charge in [0.05, 0.1) is 0 Å². The third kappa shape index (κ3) is 4.94. The summed E-state index contributed by atoms with van der Waals surface area (Å²) in [6.45, 7) is 3.50. The Morgan fingerprint density at radius 3 is 2.81 bits per heavy atom. The van der Waals surface area contributed by atoms with Crippen LogP contribution in [0.1, 0.15) is 12.5 Å². The first-order chi connectivity index (χ1) is 12.2. The van der Waals surface area contributed by atoms with Crippen LogP contribution in [0.4, 0.5) is 15.8 Å². The Kier molecular flexibility index (Phi) is 7.38. The van der Waals surface area contributed by atoms with Crippen molar-refractivity contribution in [3.8, 4) is 0 Å². The first-order valence-corrected chi connectivity index (χ1v) is 8.36. The highest BCUT2D eigenvalue weighted by Crippen LogP contribution is 2.27. The van der Waals surface area contributed by atoms with Gasteiger partial charge < -0.3 is 15.5 Å². The number of amides is 1. The van der Waals surface area contributed by atoms with Gasteiger partial charge in [0, 0.05) is 24.5 Å². The first kappa shape index (κ1) is 20.2. The van der Waals surface area contributed by atoms with E-state index in [4.69, 9.17) is 0 Å². The summed E-state index contributed by atoms with van der Waals surface area (Å²) in [5, 5.41) is 5.89. The molecule has 0 saturated heterocycles. The lowest BCUT2D eigenvalue weighted by molar-refractivity contribution is -0.114. The van der Waals surface area contributed by atoms with Crippen LogP contribution in [0.25, 0.3) is 0 Å². The van der Waals surface area contributed by atoms with Crippen LogP contribution in [-0.2, 0) is 11.2 Å². The van der Waals surface area contributed by atoms with Crippen molar-refractivity contribution in [2.45, 2.75) is 13.3 Å². The molecule has 0 atom stereocenters. The molecule has 0 radical (unpaired) electrons. The van der Waals surface area contributed by atoms with Gasteiger partial charge in [0.15, 0.2) is 5.96 Å². The minimum Gasteiger partial charge on any atom is -0.356 e. The molecule has 0 spiro atoms. The molecule has 2 N–H and O–H groups in total. The number of guanidine groups is 1. The molecule has 2 aromatic carbocycles. The predicted octanol–water partition coefficient (Wildman–Crippen LogP) is 3.41. The van der Waals surface area contributed by atoms with Crippen LogP contribution in [0.2, 0.25) is 0 Å². The Morgan fingerprint density at radius 1 is 1.23 bits per heavy atom. The second kappa shape index (κ2) is 9.51. The highest BCUT2D eigenvalue weighted by atomic mass is 127. The zero-order valence-electron chi connectivity index (χ0n) is 14.5. The third-order valence-corrected chi connectivity index (χ3v) is 3.96. The molecular formula is C19H22FIN4O. The molecule has 138 valence electrons. The Balaban J connectivity index is 0.00000243. The number of aliphatic imine (C=N–C) groups is 1. The lowest BCUT2D eigenvalue weighted by Gasteiger charge is -2.22. The molecule has 0 fully saturated rings. The molecule has 0 aromatic heterocycles. The van der Waals surface area contributed by atoms with Gasteiger partial charge in [-0.2, -0.15) is 0 Å². The molecule has 7 heteroatoms. The number of halogens is 2. The van der Waals surface area contributed by atoms with Crippen molar-refractivity contribution in [3.05, 3.63) is 59.9 Å². The van der Waals surface area contributed by atoms with E-state index in [9.17, 15) is 9.18 Å². The number of hydrogen-bond acceptors (Lipinski definition) is 2. The number of nitrogens with zero attached hydrogens (tertiary/aromatic N) is 2. The number of para-hydroxylation sites is 1. The quantitative estimate of drug-likeness (QED) is 0.411. The van der Waals surface area contributed by atoms with Crippen LogP contribution in [-0.4, -0.2) is 31.5 Å². The van der Waals surface area contributed by atoms with Gasteiger partial charge in [-0.25, -0.2) is 9.38 Å². The van der Waals surface area contributed by atoms with Gasteiger partial charge in [0.25, 0.3) is 0 Å². The number of rotatable bonds is 4. The molecule has 2 aromatic rings. The van der Waals surface area contributed by atoms with Gasteiger partial charge in [0.1, 0.15) is 12.4 Å². The van der Waals surface area contributed by atoms with Crippen molar-refractivity contribution in [1.82, 2.24) is 5.32 Å². The second-order valence-electron chi connectivity index (χ2n) is 5.76. The van der Waals surface area contributed by atoms with Crippen LogP contribution in [0.5, 0.6) is 0 Å². The fourth-order valence-corrected chi connectivity index (χ4v) is 2.87. The minimum atomic E-state index is -0.386. The van der Waals surface area contributed by atoms with Crippen molar-refractivity contribution < 1.29 is 9.18 Å². The summed E-state index contributed by atoms with van der Waals surface area (Å²) in [4.78, 5) is 18.6. The van der Waals surface area contributed by atoms with Crippen LogP contribution in [0, 0.1) is 5.82 Å². The van der Waals surface area contributed by atoms with E-state index >= 15 is 0 Å². The van der Waals surface area contributed by atoms with E-state index in [1.165, 1.54) is 17.7 Å². The van der Waals surface area contributed by atoms with Crippen molar-refractivity contribution in [1.29, 1.82) is 0 Å². The first-order valence-electron chi connectivity index (χ1n) is 8.36. The fraction of sp³-hybridized carbons (Fsp3) is 0.263. The monoisotopic (exact) mass is 468 g/mol. The van der Waals surface area contributed by atoms with Crippen LogP contribution in [0.15, 0.2) is 53.5 Å². The zero-order valence-corrected chi connectivity index (χ0v) is 16.9. The Bertz CT molecular complexity index is 797. The van der Waals surface area contributed by atoms with Crippen molar-refractivity contribution in [2.24, 2.45) is 4.99 Å². The van der Waals surface area contributed by atoms with Gasteiger partial charge in [-0.1, -0.05) is 24.3 Å². The summed E-state index contributed by atoms with van der Waals surface area (Å²) >= 11 is 0. The summed E-state index contributed by atoms with van der Waals surface area (Å²) in [7, 11) is 0. The Labute approximate surface area is 169 Å². The maximum Gasteiger partial charge on any atom is 0.246 e. The van der Waals surface area contributed by atoms with E-state index in [2.05, 4.69) is 32.7 Å². The smallest absolute Gasteiger partial charge is 0.246 e. The minimum absolute atomic E-state index is 0. The molecule has 1 heterocycles. The molecule has 0 bridgehead atoms. The van der Waals surface area contributed by atoms with Gasteiger partial charge in [-0.05, 0) is 43.2 Å². The van der Waals surface area contributed by atoms with Gasteiger partial charge in [-0.3, -0.25) is 4.79 Å². The predicted molar refractivity (Wildman–Crippen MR) is 114 cm³/mol. The highest BCUT2D eigenvalue weighted by Gasteiger charge is 2.22. The van der Waals surface area contributed by atoms with Crippen molar-refractivity contribution in [2.75, 3.05) is 29.9 Å². The number of fused-ring (bicyclic) bond motifs is 1. The molecule has 1 aliphatic rings. The largest absolute Gasteiger partial charge is 0.356 e. The molecule has 1 aliphatic heterocycles. The average Bonchev–Trinajstić information content (AvgIpc) is 3.02. The Hall–Kier alpha value is -2.16. The highest BCUT2D eigenvalue weighted by molar-refractivity contribution is 14.0. The van der Waals surface area contributed by atoms with E-state index in [0.717, 1.165) is 18.7 Å². The normalized spacial score (nSPS) is 13.0. The summed E-state index contributed by atoms with van der Waals surface area (Å²) < 4.78 is 13.2. The van der Waals surface area contributed by atoms with Crippen LogP contribution >= 0.6 is 24.0 Å². The van der Waals surface area contributed by atoms with E-state index < -0.39 is 0 Å². The molecule has 26 heavy (non-hydrogen) atoms. The number of carbonyl (C=O) groups is 1. The molecular weight excluding hydrogens is 446 g/mol. The van der Waals surface area contributed by atoms with Gasteiger partial charge in [0.2, 0.25) is 5.91 Å². The molecule has 3 rings (SSSR count). The van der Waals surface area contributed by atoms with Gasteiger partial charge in [-0.15, -0.1) is 24.0 Å². The number of carbonyl (C=O) groups excluding carboxylic acids is 1. The van der Waals surface area contributed by atoms with Crippen molar-refractivity contribution in [3.63, 3.8) is 0 Å². The van der Waals surface area contributed by atoms with Crippen LogP contribution < -0.4 is 15.5 Å². The number of benzene rings is 2. The van der Waals surface area contributed by atoms with Crippen LogP contribution in [0.3, 0.4) is 0 Å². The van der Waals surface area contributed by atoms with E-state index in [1.54, 1.807) is 12.1 Å². The van der Waals surface area contributed by atoms with E-state index in [1.807, 2.05) is 19.1 Å². The topological polar surface area (TPSA) is 56.7 Å². The summed E-state index contributed by atoms with van der Waals surface area (Å²) in [5.74, 6) is 0.0126. The maximum absolute atomic E-state index is 13.2. The van der Waals surface area contributed by atoms with Crippen molar-refractivity contribution >= 4 is 47.2 Å².